The Kier molecular flexibility index (Phi) is 4.48. The van der Waals surface area contributed by atoms with Crippen molar-refractivity contribution in [1.82, 2.24) is 4.31 Å². The number of piperidine rings is 1. The molecule has 102 valence electrons. The van der Waals surface area contributed by atoms with Crippen LogP contribution >= 0.6 is 27.3 Å². The van der Waals surface area contributed by atoms with Crippen molar-refractivity contribution in [2.24, 2.45) is 11.7 Å². The lowest BCUT2D eigenvalue weighted by Gasteiger charge is -2.31. The van der Waals surface area contributed by atoms with Crippen molar-refractivity contribution in [2.45, 2.75) is 24.7 Å². The average molecular weight is 353 g/mol. The molecule has 4 nitrogen and oxygen atoms in total. The van der Waals surface area contributed by atoms with Crippen molar-refractivity contribution in [3.63, 3.8) is 0 Å². The van der Waals surface area contributed by atoms with E-state index in [1.165, 1.54) is 11.3 Å². The number of halogens is 1. The Labute approximate surface area is 120 Å². The molecule has 1 aliphatic heterocycles. The van der Waals surface area contributed by atoms with E-state index in [4.69, 9.17) is 5.73 Å². The molecular weight excluding hydrogens is 336 g/mol. The van der Waals surface area contributed by atoms with Gasteiger partial charge in [-0.25, -0.2) is 8.42 Å². The summed E-state index contributed by atoms with van der Waals surface area (Å²) >= 11 is 4.79. The van der Waals surface area contributed by atoms with Gasteiger partial charge in [0.05, 0.1) is 8.68 Å². The van der Waals surface area contributed by atoms with Gasteiger partial charge in [-0.3, -0.25) is 0 Å². The predicted molar refractivity (Wildman–Crippen MR) is 77.3 cm³/mol. The number of sulfonamides is 1. The Morgan fingerprint density at radius 2 is 2.33 bits per heavy atom. The molecule has 0 aliphatic carbocycles. The molecule has 1 fully saturated rings. The minimum atomic E-state index is -3.36. The summed E-state index contributed by atoms with van der Waals surface area (Å²) in [6.45, 7) is 3.54. The van der Waals surface area contributed by atoms with Gasteiger partial charge < -0.3 is 5.73 Å². The monoisotopic (exact) mass is 352 g/mol. The Balaban J connectivity index is 2.28. The zero-order valence-corrected chi connectivity index (χ0v) is 13.4. The number of nitrogens with zero attached hydrogens (tertiary/aromatic N) is 1. The maximum absolute atomic E-state index is 12.6. The normalized spacial score (nSPS) is 22.3. The van der Waals surface area contributed by atoms with Crippen LogP contribution in [0.15, 0.2) is 14.7 Å². The van der Waals surface area contributed by atoms with E-state index >= 15 is 0 Å². The number of aryl methyl sites for hydroxylation is 1. The topological polar surface area (TPSA) is 63.4 Å². The maximum Gasteiger partial charge on any atom is 0.244 e. The highest BCUT2D eigenvalue weighted by Gasteiger charge is 2.31. The van der Waals surface area contributed by atoms with Gasteiger partial charge in [0.2, 0.25) is 10.0 Å². The van der Waals surface area contributed by atoms with Gasteiger partial charge in [0, 0.05) is 18.0 Å². The number of hydrogen-bond donors (Lipinski definition) is 1. The van der Waals surface area contributed by atoms with Crippen molar-refractivity contribution in [1.29, 1.82) is 0 Å². The van der Waals surface area contributed by atoms with E-state index in [2.05, 4.69) is 15.9 Å². The molecule has 2 rings (SSSR count). The SMILES string of the molecule is Cc1sc(Br)cc1S(=O)(=O)N1CCCC(CN)C1. The van der Waals surface area contributed by atoms with Crippen molar-refractivity contribution >= 4 is 37.3 Å². The highest BCUT2D eigenvalue weighted by Crippen LogP contribution is 2.32. The molecule has 1 aromatic heterocycles. The van der Waals surface area contributed by atoms with E-state index in [0.717, 1.165) is 21.5 Å². The summed E-state index contributed by atoms with van der Waals surface area (Å²) in [6, 6.07) is 1.70. The van der Waals surface area contributed by atoms with Crippen LogP contribution in [0.25, 0.3) is 0 Å². The first-order valence-corrected chi connectivity index (χ1v) is 8.96. The molecule has 1 aliphatic rings. The number of thiophene rings is 1. The van der Waals surface area contributed by atoms with Crippen LogP contribution in [0, 0.1) is 12.8 Å². The van der Waals surface area contributed by atoms with E-state index in [1.54, 1.807) is 10.4 Å². The van der Waals surface area contributed by atoms with Gasteiger partial charge in [0.25, 0.3) is 0 Å². The van der Waals surface area contributed by atoms with Crippen molar-refractivity contribution in [3.8, 4) is 0 Å². The van der Waals surface area contributed by atoms with Gasteiger partial charge in [-0.05, 0) is 54.2 Å². The lowest BCUT2D eigenvalue weighted by molar-refractivity contribution is 0.271. The summed E-state index contributed by atoms with van der Waals surface area (Å²) < 4.78 is 27.5. The molecule has 0 amide bonds. The third-order valence-electron chi connectivity index (χ3n) is 3.28. The second-order valence-electron chi connectivity index (χ2n) is 4.58. The van der Waals surface area contributed by atoms with Crippen LogP contribution in [0.4, 0.5) is 0 Å². The molecule has 1 aromatic rings. The molecule has 0 radical (unpaired) electrons. The summed E-state index contributed by atoms with van der Waals surface area (Å²) in [5.41, 5.74) is 5.65. The zero-order chi connectivity index (χ0) is 13.3. The molecule has 0 aromatic carbocycles. The molecule has 1 unspecified atom stereocenters. The molecular formula is C11H17BrN2O2S2. The summed E-state index contributed by atoms with van der Waals surface area (Å²) in [4.78, 5) is 1.26. The summed E-state index contributed by atoms with van der Waals surface area (Å²) in [5.74, 6) is 0.288. The predicted octanol–water partition coefficient (Wildman–Crippen LogP) is 2.18. The van der Waals surface area contributed by atoms with Crippen LogP contribution in [0.5, 0.6) is 0 Å². The Hall–Kier alpha value is 0.0500. The second kappa shape index (κ2) is 5.58. The van der Waals surface area contributed by atoms with Gasteiger partial charge in [0.15, 0.2) is 0 Å². The van der Waals surface area contributed by atoms with Crippen molar-refractivity contribution in [3.05, 3.63) is 14.7 Å². The van der Waals surface area contributed by atoms with E-state index in [1.807, 2.05) is 6.92 Å². The van der Waals surface area contributed by atoms with Gasteiger partial charge in [-0.2, -0.15) is 4.31 Å². The number of nitrogens with two attached hydrogens (primary N) is 1. The van der Waals surface area contributed by atoms with Crippen LogP contribution in [-0.4, -0.2) is 32.4 Å². The fourth-order valence-electron chi connectivity index (χ4n) is 2.26. The summed E-state index contributed by atoms with van der Waals surface area (Å²) in [7, 11) is -3.36. The molecule has 0 spiro atoms. The lowest BCUT2D eigenvalue weighted by Crippen LogP contribution is -2.42. The summed E-state index contributed by atoms with van der Waals surface area (Å²) in [6.07, 6.45) is 1.92. The second-order valence-corrected chi connectivity index (χ2v) is 9.12. The Morgan fingerprint density at radius 1 is 1.61 bits per heavy atom. The lowest BCUT2D eigenvalue weighted by atomic mass is 10.0. The fourth-order valence-corrected chi connectivity index (χ4v) is 6.20. The van der Waals surface area contributed by atoms with E-state index in [0.29, 0.717) is 24.5 Å². The molecule has 18 heavy (non-hydrogen) atoms. The van der Waals surface area contributed by atoms with Crippen molar-refractivity contribution in [2.75, 3.05) is 19.6 Å². The fraction of sp³-hybridized carbons (Fsp3) is 0.636. The molecule has 0 saturated carbocycles. The number of rotatable bonds is 3. The first-order valence-electron chi connectivity index (χ1n) is 5.91. The molecule has 0 bridgehead atoms. The molecule has 7 heteroatoms. The van der Waals surface area contributed by atoms with Crippen LogP contribution < -0.4 is 5.73 Å². The quantitative estimate of drug-likeness (QED) is 0.906. The van der Waals surface area contributed by atoms with Crippen LogP contribution in [-0.2, 0) is 10.0 Å². The highest BCUT2D eigenvalue weighted by atomic mass is 79.9. The maximum atomic E-state index is 12.6. The Morgan fingerprint density at radius 3 is 2.89 bits per heavy atom. The molecule has 1 atom stereocenters. The largest absolute Gasteiger partial charge is 0.330 e. The first kappa shape index (κ1) is 14.5. The van der Waals surface area contributed by atoms with Crippen LogP contribution in [0.3, 0.4) is 0 Å². The minimum absolute atomic E-state index is 0.288. The minimum Gasteiger partial charge on any atom is -0.330 e. The van der Waals surface area contributed by atoms with Gasteiger partial charge in [-0.1, -0.05) is 0 Å². The van der Waals surface area contributed by atoms with Gasteiger partial charge in [0.1, 0.15) is 0 Å². The van der Waals surface area contributed by atoms with E-state index in [9.17, 15) is 8.42 Å². The molecule has 1 saturated heterocycles. The highest BCUT2D eigenvalue weighted by molar-refractivity contribution is 9.11. The average Bonchev–Trinajstić information content (AvgIpc) is 2.69. The van der Waals surface area contributed by atoms with Crippen molar-refractivity contribution < 1.29 is 8.42 Å². The third kappa shape index (κ3) is 2.80. The Bertz CT molecular complexity index is 527. The van der Waals surface area contributed by atoms with Gasteiger partial charge in [-0.15, -0.1) is 11.3 Å². The molecule has 2 N–H and O–H groups in total. The summed E-state index contributed by atoms with van der Waals surface area (Å²) in [5, 5.41) is 0. The van der Waals surface area contributed by atoms with Gasteiger partial charge >= 0.3 is 0 Å². The molecule has 2 heterocycles. The standard InChI is InChI=1S/C11H17BrN2O2S2/c1-8-10(5-11(12)17-8)18(15,16)14-4-2-3-9(6-13)7-14/h5,9H,2-4,6-7,13H2,1H3. The smallest absolute Gasteiger partial charge is 0.244 e. The van der Waals surface area contributed by atoms with E-state index in [-0.39, 0.29) is 5.92 Å². The number of hydrogen-bond acceptors (Lipinski definition) is 4. The zero-order valence-electron chi connectivity index (χ0n) is 10.2. The van der Waals surface area contributed by atoms with E-state index < -0.39 is 10.0 Å². The first-order chi connectivity index (χ1) is 8.45. The third-order valence-corrected chi connectivity index (χ3v) is 6.95. The van der Waals surface area contributed by atoms with Crippen LogP contribution in [0.2, 0.25) is 0 Å². The van der Waals surface area contributed by atoms with Crippen LogP contribution in [0.1, 0.15) is 17.7 Å².